The molecule has 0 N–H and O–H groups in total. The van der Waals surface area contributed by atoms with Crippen LogP contribution in [-0.4, -0.2) is 23.5 Å². The summed E-state index contributed by atoms with van der Waals surface area (Å²) >= 11 is 6.65. The van der Waals surface area contributed by atoms with Gasteiger partial charge in [0.2, 0.25) is 0 Å². The zero-order valence-electron chi connectivity index (χ0n) is 19.2. The van der Waals surface area contributed by atoms with Crippen molar-refractivity contribution in [2.45, 2.75) is 38.1 Å². The SMILES string of the molecule is Cc1ccc(C2=NN(S(=O)(=O)c3ccc(C)cc3)C(c3cc4ccc(C)cc4nc3Cl)C2)cc1. The van der Waals surface area contributed by atoms with Crippen LogP contribution >= 0.6 is 11.6 Å². The van der Waals surface area contributed by atoms with Gasteiger partial charge in [-0.25, -0.2) is 4.98 Å². The lowest BCUT2D eigenvalue weighted by Gasteiger charge is -2.24. The second-order valence-corrected chi connectivity index (χ2v) is 10.9. The molecule has 1 aliphatic rings. The summed E-state index contributed by atoms with van der Waals surface area (Å²) in [5.74, 6) is 0. The van der Waals surface area contributed by atoms with E-state index < -0.39 is 16.1 Å². The van der Waals surface area contributed by atoms with Gasteiger partial charge in [0, 0.05) is 17.4 Å². The standard InChI is InChI=1S/C27H24ClN3O2S/c1-17-4-9-20(10-5-17)25-16-26(23-15-21-11-6-19(3)14-24(21)29-27(23)28)31(30-25)34(32,33)22-12-7-18(2)8-13-22/h4-15,26H,16H2,1-3H3. The van der Waals surface area contributed by atoms with Gasteiger partial charge in [0.05, 0.1) is 22.2 Å². The van der Waals surface area contributed by atoms with Crippen LogP contribution in [0.2, 0.25) is 5.15 Å². The van der Waals surface area contributed by atoms with Crippen molar-refractivity contribution in [1.82, 2.24) is 9.40 Å². The summed E-state index contributed by atoms with van der Waals surface area (Å²) in [5, 5.41) is 5.82. The van der Waals surface area contributed by atoms with Crippen molar-refractivity contribution in [1.29, 1.82) is 0 Å². The third kappa shape index (κ3) is 4.08. The molecule has 0 amide bonds. The molecule has 0 fully saturated rings. The van der Waals surface area contributed by atoms with Crippen LogP contribution in [0.1, 0.15) is 40.3 Å². The Balaban J connectivity index is 1.65. The second kappa shape index (κ2) is 8.53. The maximum Gasteiger partial charge on any atom is 0.279 e. The largest absolute Gasteiger partial charge is 0.279 e. The predicted molar refractivity (Wildman–Crippen MR) is 137 cm³/mol. The van der Waals surface area contributed by atoms with Gasteiger partial charge in [-0.1, -0.05) is 71.3 Å². The smallest absolute Gasteiger partial charge is 0.236 e. The third-order valence-corrected chi connectivity index (χ3v) is 8.13. The normalized spacial score (nSPS) is 16.2. The highest BCUT2D eigenvalue weighted by atomic mass is 35.5. The van der Waals surface area contributed by atoms with E-state index in [1.165, 1.54) is 4.41 Å². The van der Waals surface area contributed by atoms with Crippen LogP contribution in [0.15, 0.2) is 82.8 Å². The number of halogens is 1. The quantitative estimate of drug-likeness (QED) is 0.313. The summed E-state index contributed by atoms with van der Waals surface area (Å²) in [5.41, 5.74) is 6.19. The first-order valence-electron chi connectivity index (χ1n) is 11.0. The summed E-state index contributed by atoms with van der Waals surface area (Å²) in [6.45, 7) is 5.93. The number of hydrogen-bond donors (Lipinski definition) is 0. The molecule has 5 rings (SSSR count). The second-order valence-electron chi connectivity index (χ2n) is 8.79. The fraction of sp³-hybridized carbons (Fsp3) is 0.185. The fourth-order valence-corrected chi connectivity index (χ4v) is 5.88. The molecule has 0 aliphatic carbocycles. The van der Waals surface area contributed by atoms with Gasteiger partial charge < -0.3 is 0 Å². The van der Waals surface area contributed by atoms with Crippen molar-refractivity contribution in [3.8, 4) is 0 Å². The molecule has 0 saturated carbocycles. The lowest BCUT2D eigenvalue weighted by atomic mass is 9.98. The first kappa shape index (κ1) is 22.6. The third-order valence-electron chi connectivity index (χ3n) is 6.14. The molecule has 7 heteroatoms. The number of aromatic nitrogens is 1. The van der Waals surface area contributed by atoms with E-state index in [-0.39, 0.29) is 10.0 Å². The van der Waals surface area contributed by atoms with Gasteiger partial charge in [-0.05, 0) is 56.2 Å². The number of sulfonamides is 1. The number of aryl methyl sites for hydroxylation is 3. The molecule has 1 atom stereocenters. The average Bonchev–Trinajstić information content (AvgIpc) is 3.25. The Kier molecular flexibility index (Phi) is 5.66. The fourth-order valence-electron chi connectivity index (χ4n) is 4.18. The van der Waals surface area contributed by atoms with Crippen molar-refractivity contribution < 1.29 is 8.42 Å². The molecule has 0 spiro atoms. The van der Waals surface area contributed by atoms with E-state index in [1.807, 2.05) is 69.3 Å². The molecule has 2 heterocycles. The Morgan fingerprint density at radius 2 is 1.47 bits per heavy atom. The van der Waals surface area contributed by atoms with Crippen LogP contribution in [0.4, 0.5) is 0 Å². The molecule has 0 saturated heterocycles. The van der Waals surface area contributed by atoms with Crippen molar-refractivity contribution in [3.05, 3.63) is 106 Å². The highest BCUT2D eigenvalue weighted by molar-refractivity contribution is 7.89. The number of nitrogens with zero attached hydrogens (tertiary/aromatic N) is 3. The minimum atomic E-state index is -3.92. The highest BCUT2D eigenvalue weighted by Crippen LogP contribution is 2.40. The number of hydrazone groups is 1. The van der Waals surface area contributed by atoms with E-state index in [9.17, 15) is 8.42 Å². The zero-order valence-corrected chi connectivity index (χ0v) is 20.7. The monoisotopic (exact) mass is 489 g/mol. The predicted octanol–water partition coefficient (Wildman–Crippen LogP) is 6.35. The minimum absolute atomic E-state index is 0.192. The Morgan fingerprint density at radius 1 is 0.853 bits per heavy atom. The molecule has 3 aromatic carbocycles. The van der Waals surface area contributed by atoms with Crippen LogP contribution < -0.4 is 0 Å². The molecule has 1 unspecified atom stereocenters. The first-order chi connectivity index (χ1) is 16.2. The van der Waals surface area contributed by atoms with Crippen LogP contribution in [-0.2, 0) is 10.0 Å². The van der Waals surface area contributed by atoms with Crippen molar-refractivity contribution in [2.24, 2.45) is 5.10 Å². The molecule has 1 aliphatic heterocycles. The summed E-state index contributed by atoms with van der Waals surface area (Å²) in [4.78, 5) is 4.78. The summed E-state index contributed by atoms with van der Waals surface area (Å²) < 4.78 is 28.7. The van der Waals surface area contributed by atoms with Gasteiger partial charge in [-0.15, -0.1) is 0 Å². The van der Waals surface area contributed by atoms with Gasteiger partial charge in [-0.3, -0.25) is 0 Å². The summed E-state index contributed by atoms with van der Waals surface area (Å²) in [7, 11) is -3.92. The molecule has 34 heavy (non-hydrogen) atoms. The highest BCUT2D eigenvalue weighted by Gasteiger charge is 2.39. The van der Waals surface area contributed by atoms with Crippen LogP contribution in [0.25, 0.3) is 10.9 Å². The van der Waals surface area contributed by atoms with Crippen LogP contribution in [0.5, 0.6) is 0 Å². The number of fused-ring (bicyclic) bond motifs is 1. The van der Waals surface area contributed by atoms with Crippen molar-refractivity contribution in [3.63, 3.8) is 0 Å². The topological polar surface area (TPSA) is 62.6 Å². The van der Waals surface area contributed by atoms with Crippen LogP contribution in [0.3, 0.4) is 0 Å². The molecule has 0 bridgehead atoms. The van der Waals surface area contributed by atoms with Gasteiger partial charge in [0.25, 0.3) is 10.0 Å². The van der Waals surface area contributed by atoms with E-state index in [2.05, 4.69) is 10.1 Å². The number of benzene rings is 3. The summed E-state index contributed by atoms with van der Waals surface area (Å²) in [6, 6.07) is 22.0. The van der Waals surface area contributed by atoms with E-state index in [4.69, 9.17) is 11.6 Å². The lowest BCUT2D eigenvalue weighted by Crippen LogP contribution is -2.27. The molecular weight excluding hydrogens is 466 g/mol. The molecule has 0 radical (unpaired) electrons. The van der Waals surface area contributed by atoms with E-state index >= 15 is 0 Å². The average molecular weight is 490 g/mol. The van der Waals surface area contributed by atoms with Crippen LogP contribution in [0, 0.1) is 20.8 Å². The minimum Gasteiger partial charge on any atom is -0.236 e. The maximum absolute atomic E-state index is 13.7. The zero-order chi connectivity index (χ0) is 24.0. The number of rotatable bonds is 4. The molecule has 4 aromatic rings. The Morgan fingerprint density at radius 3 is 2.15 bits per heavy atom. The van der Waals surface area contributed by atoms with Gasteiger partial charge in [0.15, 0.2) is 0 Å². The van der Waals surface area contributed by atoms with Gasteiger partial charge in [0.1, 0.15) is 5.15 Å². The van der Waals surface area contributed by atoms with E-state index in [1.54, 1.807) is 24.3 Å². The molecule has 1 aromatic heterocycles. The van der Waals surface area contributed by atoms with Gasteiger partial charge in [-0.2, -0.15) is 17.9 Å². The maximum atomic E-state index is 13.7. The van der Waals surface area contributed by atoms with Crippen molar-refractivity contribution in [2.75, 3.05) is 0 Å². The van der Waals surface area contributed by atoms with E-state index in [0.29, 0.717) is 17.7 Å². The number of hydrogen-bond acceptors (Lipinski definition) is 4. The Labute approximate surface area is 204 Å². The Bertz CT molecular complexity index is 1530. The molecule has 172 valence electrons. The van der Waals surface area contributed by atoms with E-state index in [0.717, 1.165) is 33.2 Å². The summed E-state index contributed by atoms with van der Waals surface area (Å²) in [6.07, 6.45) is 0.396. The molecular formula is C27H24ClN3O2S. The number of pyridine rings is 1. The van der Waals surface area contributed by atoms with Gasteiger partial charge >= 0.3 is 0 Å². The van der Waals surface area contributed by atoms with Crippen molar-refractivity contribution >= 4 is 38.2 Å². The lowest BCUT2D eigenvalue weighted by molar-refractivity contribution is 0.371. The molecule has 5 nitrogen and oxygen atoms in total. The Hall–Kier alpha value is -3.22. The first-order valence-corrected chi connectivity index (χ1v) is 12.9.